The van der Waals surface area contributed by atoms with Crippen molar-refractivity contribution >= 4 is 50.5 Å². The van der Waals surface area contributed by atoms with Gasteiger partial charge in [-0.2, -0.15) is 0 Å². The van der Waals surface area contributed by atoms with E-state index in [1.54, 1.807) is 24.3 Å². The van der Waals surface area contributed by atoms with E-state index in [4.69, 9.17) is 12.2 Å². The van der Waals surface area contributed by atoms with Gasteiger partial charge >= 0.3 is 0 Å². The van der Waals surface area contributed by atoms with E-state index >= 15 is 0 Å². The van der Waals surface area contributed by atoms with Gasteiger partial charge in [-0.1, -0.05) is 12.1 Å². The van der Waals surface area contributed by atoms with Crippen LogP contribution in [-0.2, 0) is 0 Å². The van der Waals surface area contributed by atoms with Gasteiger partial charge in [-0.05, 0) is 52.4 Å². The van der Waals surface area contributed by atoms with Crippen LogP contribution in [0.2, 0.25) is 0 Å². The zero-order valence-electron chi connectivity index (χ0n) is 11.6. The SMILES string of the molecule is O=C(NNC(=S)Nc1ccc([N+](=O)[O-])cc1)c1ccccc1Br. The molecule has 118 valence electrons. The molecule has 0 heterocycles. The fourth-order valence-electron chi connectivity index (χ4n) is 1.66. The van der Waals surface area contributed by atoms with Crippen molar-refractivity contribution in [3.05, 3.63) is 68.7 Å². The third-order valence-electron chi connectivity index (χ3n) is 2.74. The number of carbonyl (C=O) groups excluding carboxylic acids is 1. The smallest absolute Gasteiger partial charge is 0.270 e. The van der Waals surface area contributed by atoms with E-state index in [9.17, 15) is 14.9 Å². The van der Waals surface area contributed by atoms with Crippen molar-refractivity contribution < 1.29 is 9.72 Å². The van der Waals surface area contributed by atoms with Gasteiger partial charge in [-0.25, -0.2) is 0 Å². The molecular weight excluding hydrogens is 384 g/mol. The molecule has 0 fully saturated rings. The van der Waals surface area contributed by atoms with Crippen LogP contribution in [0.1, 0.15) is 10.4 Å². The number of hydrogen-bond acceptors (Lipinski definition) is 4. The summed E-state index contributed by atoms with van der Waals surface area (Å²) in [4.78, 5) is 22.1. The first-order valence-corrected chi connectivity index (χ1v) is 7.54. The number of thiocarbonyl (C=S) groups is 1. The van der Waals surface area contributed by atoms with Crippen LogP contribution in [0.5, 0.6) is 0 Å². The van der Waals surface area contributed by atoms with Gasteiger partial charge in [0.2, 0.25) is 0 Å². The van der Waals surface area contributed by atoms with Crippen molar-refractivity contribution in [2.24, 2.45) is 0 Å². The van der Waals surface area contributed by atoms with Gasteiger partial charge in [0.15, 0.2) is 5.11 Å². The Balaban J connectivity index is 1.89. The highest BCUT2D eigenvalue weighted by Gasteiger charge is 2.09. The topological polar surface area (TPSA) is 96.3 Å². The van der Waals surface area contributed by atoms with Crippen molar-refractivity contribution in [1.82, 2.24) is 10.9 Å². The maximum Gasteiger partial charge on any atom is 0.270 e. The molecule has 0 spiro atoms. The molecule has 23 heavy (non-hydrogen) atoms. The van der Waals surface area contributed by atoms with Crippen LogP contribution < -0.4 is 16.2 Å². The average molecular weight is 395 g/mol. The second kappa shape index (κ2) is 7.65. The Bertz CT molecular complexity index is 752. The Morgan fingerprint density at radius 1 is 1.09 bits per heavy atom. The quantitative estimate of drug-likeness (QED) is 0.420. The number of hydrogen-bond donors (Lipinski definition) is 3. The van der Waals surface area contributed by atoms with Crippen molar-refractivity contribution in [2.75, 3.05) is 5.32 Å². The Hall–Kier alpha value is -2.52. The third kappa shape index (κ3) is 4.73. The Kier molecular flexibility index (Phi) is 5.61. The maximum atomic E-state index is 12.0. The Morgan fingerprint density at radius 2 is 1.74 bits per heavy atom. The number of nitro benzene ring substituents is 1. The van der Waals surface area contributed by atoms with Crippen LogP contribution in [0.15, 0.2) is 53.0 Å². The summed E-state index contributed by atoms with van der Waals surface area (Å²) >= 11 is 8.32. The van der Waals surface area contributed by atoms with Crippen LogP contribution in [0.25, 0.3) is 0 Å². The molecule has 3 N–H and O–H groups in total. The summed E-state index contributed by atoms with van der Waals surface area (Å²) in [5, 5.41) is 13.5. The Morgan fingerprint density at radius 3 is 2.35 bits per heavy atom. The highest BCUT2D eigenvalue weighted by atomic mass is 79.9. The van der Waals surface area contributed by atoms with Crippen LogP contribution in [0.4, 0.5) is 11.4 Å². The fourth-order valence-corrected chi connectivity index (χ4v) is 2.29. The van der Waals surface area contributed by atoms with E-state index in [-0.39, 0.29) is 16.7 Å². The molecule has 2 aromatic carbocycles. The molecule has 0 aliphatic rings. The van der Waals surface area contributed by atoms with E-state index in [0.29, 0.717) is 15.7 Å². The second-order valence-electron chi connectivity index (χ2n) is 4.32. The lowest BCUT2D eigenvalue weighted by atomic mass is 10.2. The monoisotopic (exact) mass is 394 g/mol. The largest absolute Gasteiger partial charge is 0.331 e. The van der Waals surface area contributed by atoms with Gasteiger partial charge in [-0.15, -0.1) is 0 Å². The molecule has 0 aliphatic carbocycles. The van der Waals surface area contributed by atoms with Crippen LogP contribution in [0.3, 0.4) is 0 Å². The van der Waals surface area contributed by atoms with Gasteiger partial charge in [-0.3, -0.25) is 25.8 Å². The summed E-state index contributed by atoms with van der Waals surface area (Å²) in [5.41, 5.74) is 6.02. The summed E-state index contributed by atoms with van der Waals surface area (Å²) in [6, 6.07) is 12.7. The number of hydrazine groups is 1. The minimum absolute atomic E-state index is 0.0170. The molecule has 9 heteroatoms. The van der Waals surface area contributed by atoms with Crippen molar-refractivity contribution in [3.8, 4) is 0 Å². The number of rotatable bonds is 3. The molecule has 0 radical (unpaired) electrons. The van der Waals surface area contributed by atoms with E-state index in [1.165, 1.54) is 24.3 Å². The number of anilines is 1. The number of nitro groups is 1. The molecule has 0 aromatic heterocycles. The molecule has 7 nitrogen and oxygen atoms in total. The van der Waals surface area contributed by atoms with E-state index in [0.717, 1.165) is 0 Å². The molecule has 1 amide bonds. The van der Waals surface area contributed by atoms with Gasteiger partial charge < -0.3 is 5.32 Å². The Labute approximate surface area is 145 Å². The predicted octanol–water partition coefficient (Wildman–Crippen LogP) is 2.99. The number of carbonyl (C=O) groups is 1. The molecule has 0 aliphatic heterocycles. The van der Waals surface area contributed by atoms with Gasteiger partial charge in [0, 0.05) is 22.3 Å². The summed E-state index contributed by atoms with van der Waals surface area (Å²) in [6.07, 6.45) is 0. The normalized spacial score (nSPS) is 9.78. The highest BCUT2D eigenvalue weighted by molar-refractivity contribution is 9.10. The fraction of sp³-hybridized carbons (Fsp3) is 0. The summed E-state index contributed by atoms with van der Waals surface area (Å²) in [7, 11) is 0. The summed E-state index contributed by atoms with van der Waals surface area (Å²) in [5.74, 6) is -0.356. The van der Waals surface area contributed by atoms with E-state index in [1.807, 2.05) is 0 Å². The molecule has 0 atom stereocenters. The number of nitrogens with zero attached hydrogens (tertiary/aromatic N) is 1. The molecule has 0 bridgehead atoms. The number of non-ortho nitro benzene ring substituents is 1. The lowest BCUT2D eigenvalue weighted by molar-refractivity contribution is -0.384. The number of benzene rings is 2. The lowest BCUT2D eigenvalue weighted by Crippen LogP contribution is -2.43. The second-order valence-corrected chi connectivity index (χ2v) is 5.58. The minimum atomic E-state index is -0.488. The molecule has 0 saturated heterocycles. The number of amides is 1. The first kappa shape index (κ1) is 16.8. The molecule has 2 aromatic rings. The van der Waals surface area contributed by atoms with Crippen LogP contribution in [-0.4, -0.2) is 15.9 Å². The summed E-state index contributed by atoms with van der Waals surface area (Å²) < 4.78 is 0.661. The first-order valence-electron chi connectivity index (χ1n) is 6.33. The maximum absolute atomic E-state index is 12.0. The third-order valence-corrected chi connectivity index (χ3v) is 3.64. The van der Waals surface area contributed by atoms with E-state index in [2.05, 4.69) is 32.1 Å². The first-order chi connectivity index (χ1) is 11.0. The highest BCUT2D eigenvalue weighted by Crippen LogP contribution is 2.16. The molecule has 2 rings (SSSR count). The zero-order chi connectivity index (χ0) is 16.8. The number of halogens is 1. The molecular formula is C14H11BrN4O3S. The van der Waals surface area contributed by atoms with Crippen LogP contribution >= 0.6 is 28.1 Å². The van der Waals surface area contributed by atoms with Gasteiger partial charge in [0.05, 0.1) is 10.5 Å². The minimum Gasteiger partial charge on any atom is -0.331 e. The zero-order valence-corrected chi connectivity index (χ0v) is 14.0. The van der Waals surface area contributed by atoms with Gasteiger partial charge in [0.1, 0.15) is 0 Å². The lowest BCUT2D eigenvalue weighted by Gasteiger charge is -2.12. The molecule has 0 unspecified atom stereocenters. The summed E-state index contributed by atoms with van der Waals surface area (Å²) in [6.45, 7) is 0. The van der Waals surface area contributed by atoms with Crippen molar-refractivity contribution in [1.29, 1.82) is 0 Å². The molecule has 0 saturated carbocycles. The number of nitrogens with one attached hydrogen (secondary N) is 3. The predicted molar refractivity (Wildman–Crippen MR) is 94.1 cm³/mol. The van der Waals surface area contributed by atoms with Crippen molar-refractivity contribution in [3.63, 3.8) is 0 Å². The van der Waals surface area contributed by atoms with E-state index < -0.39 is 4.92 Å². The average Bonchev–Trinajstić information content (AvgIpc) is 2.53. The standard InChI is InChI=1S/C14H11BrN4O3S/c15-12-4-2-1-3-11(12)13(20)17-18-14(23)16-9-5-7-10(8-6-9)19(21)22/h1-8H,(H,17,20)(H2,16,18,23). The van der Waals surface area contributed by atoms with Crippen molar-refractivity contribution in [2.45, 2.75) is 0 Å². The van der Waals surface area contributed by atoms with Gasteiger partial charge in [0.25, 0.3) is 11.6 Å². The van der Waals surface area contributed by atoms with Crippen LogP contribution in [0, 0.1) is 10.1 Å².